The zero-order valence-electron chi connectivity index (χ0n) is 9.84. The first-order valence-electron chi connectivity index (χ1n) is 5.60. The highest BCUT2D eigenvalue weighted by molar-refractivity contribution is 5.91. The minimum Gasteiger partial charge on any atom is -0.326 e. The van der Waals surface area contributed by atoms with Crippen LogP contribution in [0.5, 0.6) is 0 Å². The summed E-state index contributed by atoms with van der Waals surface area (Å²) in [7, 11) is 0. The molecule has 0 atom stereocenters. The minimum absolute atomic E-state index is 0.0923. The van der Waals surface area contributed by atoms with Crippen LogP contribution < -0.4 is 11.1 Å². The third-order valence-corrected chi connectivity index (χ3v) is 2.47. The molecule has 2 aromatic rings. The van der Waals surface area contributed by atoms with Gasteiger partial charge in [-0.25, -0.2) is 9.97 Å². The van der Waals surface area contributed by atoms with Gasteiger partial charge in [0.05, 0.1) is 24.5 Å². The molecular formula is C13H14N4O. The van der Waals surface area contributed by atoms with Crippen LogP contribution in [0.1, 0.15) is 11.1 Å². The van der Waals surface area contributed by atoms with Crippen molar-refractivity contribution in [2.45, 2.75) is 13.0 Å². The van der Waals surface area contributed by atoms with Gasteiger partial charge in [0.15, 0.2) is 0 Å². The third-order valence-electron chi connectivity index (χ3n) is 2.47. The molecule has 0 saturated carbocycles. The smallest absolute Gasteiger partial charge is 0.228 e. The summed E-state index contributed by atoms with van der Waals surface area (Å²) in [6.07, 6.45) is 4.85. The maximum absolute atomic E-state index is 11.7. The van der Waals surface area contributed by atoms with Crippen molar-refractivity contribution in [1.82, 2.24) is 9.97 Å². The van der Waals surface area contributed by atoms with Gasteiger partial charge in [0.1, 0.15) is 6.33 Å². The summed E-state index contributed by atoms with van der Waals surface area (Å²) in [5, 5.41) is 2.73. The monoisotopic (exact) mass is 242 g/mol. The van der Waals surface area contributed by atoms with Crippen LogP contribution in [0.3, 0.4) is 0 Å². The number of nitrogens with one attached hydrogen (secondary N) is 1. The molecule has 0 radical (unpaired) electrons. The lowest BCUT2D eigenvalue weighted by Gasteiger charge is -2.05. The summed E-state index contributed by atoms with van der Waals surface area (Å²) in [6.45, 7) is 0.508. The molecule has 0 spiro atoms. The number of aromatic nitrogens is 2. The quantitative estimate of drug-likeness (QED) is 0.841. The second-order valence-electron chi connectivity index (χ2n) is 3.87. The van der Waals surface area contributed by atoms with Gasteiger partial charge in [-0.15, -0.1) is 0 Å². The maximum atomic E-state index is 11.7. The number of hydrogen-bond donors (Lipinski definition) is 2. The van der Waals surface area contributed by atoms with E-state index >= 15 is 0 Å². The lowest BCUT2D eigenvalue weighted by molar-refractivity contribution is -0.115. The van der Waals surface area contributed by atoms with Gasteiger partial charge in [-0.05, 0) is 11.1 Å². The van der Waals surface area contributed by atoms with Crippen molar-refractivity contribution >= 4 is 11.6 Å². The third kappa shape index (κ3) is 3.36. The first kappa shape index (κ1) is 12.2. The van der Waals surface area contributed by atoms with E-state index in [1.54, 1.807) is 12.4 Å². The second kappa shape index (κ2) is 5.88. The van der Waals surface area contributed by atoms with Gasteiger partial charge in [0.2, 0.25) is 5.91 Å². The van der Waals surface area contributed by atoms with Crippen LogP contribution in [0.15, 0.2) is 43.0 Å². The molecule has 1 amide bonds. The molecule has 92 valence electrons. The standard InChI is InChI=1S/C13H14N4O/c14-6-11-3-1-10(2-4-11)5-13(18)17-12-7-15-9-16-8-12/h1-4,7-9H,5-6,14H2,(H,17,18). The Morgan fingerprint density at radius 3 is 2.33 bits per heavy atom. The van der Waals surface area contributed by atoms with Crippen LogP contribution >= 0.6 is 0 Å². The Morgan fingerprint density at radius 2 is 1.72 bits per heavy atom. The Labute approximate surface area is 105 Å². The molecule has 0 fully saturated rings. The van der Waals surface area contributed by atoms with Gasteiger partial charge in [-0.1, -0.05) is 24.3 Å². The Kier molecular flexibility index (Phi) is 3.98. The van der Waals surface area contributed by atoms with Crippen molar-refractivity contribution in [2.75, 3.05) is 5.32 Å². The van der Waals surface area contributed by atoms with Gasteiger partial charge < -0.3 is 11.1 Å². The molecule has 1 aromatic heterocycles. The van der Waals surface area contributed by atoms with Crippen molar-refractivity contribution in [1.29, 1.82) is 0 Å². The van der Waals surface area contributed by atoms with E-state index in [9.17, 15) is 4.79 Å². The topological polar surface area (TPSA) is 80.9 Å². The average Bonchev–Trinajstić information content (AvgIpc) is 2.40. The number of rotatable bonds is 4. The summed E-state index contributed by atoms with van der Waals surface area (Å²) in [4.78, 5) is 19.4. The fraction of sp³-hybridized carbons (Fsp3) is 0.154. The molecule has 0 aliphatic heterocycles. The fourth-order valence-electron chi connectivity index (χ4n) is 1.55. The van der Waals surface area contributed by atoms with Gasteiger partial charge in [0.25, 0.3) is 0 Å². The molecule has 5 nitrogen and oxygen atoms in total. The lowest BCUT2D eigenvalue weighted by Crippen LogP contribution is -2.14. The molecule has 1 aromatic carbocycles. The maximum Gasteiger partial charge on any atom is 0.228 e. The van der Waals surface area contributed by atoms with Crippen molar-refractivity contribution < 1.29 is 4.79 Å². The van der Waals surface area contributed by atoms with E-state index in [2.05, 4.69) is 15.3 Å². The minimum atomic E-state index is -0.0923. The zero-order valence-corrected chi connectivity index (χ0v) is 9.84. The Bertz CT molecular complexity index is 510. The highest BCUT2D eigenvalue weighted by Crippen LogP contribution is 2.07. The molecule has 5 heteroatoms. The van der Waals surface area contributed by atoms with Crippen molar-refractivity contribution in [3.8, 4) is 0 Å². The highest BCUT2D eigenvalue weighted by Gasteiger charge is 2.04. The number of amides is 1. The van der Waals surface area contributed by atoms with E-state index in [0.717, 1.165) is 11.1 Å². The number of nitrogens with two attached hydrogens (primary N) is 1. The first-order valence-corrected chi connectivity index (χ1v) is 5.60. The molecule has 0 unspecified atom stereocenters. The van der Waals surface area contributed by atoms with Crippen LogP contribution in [0.25, 0.3) is 0 Å². The summed E-state index contributed by atoms with van der Waals surface area (Å²) in [5.41, 5.74) is 8.11. The molecule has 18 heavy (non-hydrogen) atoms. The van der Waals surface area contributed by atoms with Gasteiger partial charge in [-0.2, -0.15) is 0 Å². The Hall–Kier alpha value is -2.27. The van der Waals surface area contributed by atoms with E-state index in [1.807, 2.05) is 24.3 Å². The number of carbonyl (C=O) groups is 1. The van der Waals surface area contributed by atoms with E-state index < -0.39 is 0 Å². The number of anilines is 1. The lowest BCUT2D eigenvalue weighted by atomic mass is 10.1. The van der Waals surface area contributed by atoms with Crippen LogP contribution in [-0.4, -0.2) is 15.9 Å². The number of nitrogens with zero attached hydrogens (tertiary/aromatic N) is 2. The van der Waals surface area contributed by atoms with E-state index in [-0.39, 0.29) is 5.91 Å². The Balaban J connectivity index is 1.94. The number of benzene rings is 1. The van der Waals surface area contributed by atoms with Crippen LogP contribution in [0.4, 0.5) is 5.69 Å². The SMILES string of the molecule is NCc1ccc(CC(=O)Nc2cncnc2)cc1. The molecular weight excluding hydrogens is 228 g/mol. The average molecular weight is 242 g/mol. The van der Waals surface area contributed by atoms with Crippen molar-refractivity contribution in [3.63, 3.8) is 0 Å². The zero-order chi connectivity index (χ0) is 12.8. The second-order valence-corrected chi connectivity index (χ2v) is 3.87. The Morgan fingerprint density at radius 1 is 1.11 bits per heavy atom. The summed E-state index contributed by atoms with van der Waals surface area (Å²) in [5.74, 6) is -0.0923. The largest absolute Gasteiger partial charge is 0.326 e. The molecule has 2 rings (SSSR count). The van der Waals surface area contributed by atoms with Crippen LogP contribution in [0, 0.1) is 0 Å². The number of hydrogen-bond acceptors (Lipinski definition) is 4. The number of carbonyl (C=O) groups excluding carboxylic acids is 1. The molecule has 1 heterocycles. The van der Waals surface area contributed by atoms with Crippen LogP contribution in [-0.2, 0) is 17.8 Å². The van der Waals surface area contributed by atoms with Crippen molar-refractivity contribution in [3.05, 3.63) is 54.1 Å². The van der Waals surface area contributed by atoms with E-state index in [0.29, 0.717) is 18.7 Å². The van der Waals surface area contributed by atoms with Crippen molar-refractivity contribution in [2.24, 2.45) is 5.73 Å². The van der Waals surface area contributed by atoms with E-state index in [1.165, 1.54) is 6.33 Å². The molecule has 0 aliphatic carbocycles. The molecule has 0 aliphatic rings. The fourth-order valence-corrected chi connectivity index (χ4v) is 1.55. The predicted molar refractivity (Wildman–Crippen MR) is 68.7 cm³/mol. The van der Waals surface area contributed by atoms with Gasteiger partial charge >= 0.3 is 0 Å². The normalized spacial score (nSPS) is 10.1. The highest BCUT2D eigenvalue weighted by atomic mass is 16.1. The summed E-state index contributed by atoms with van der Waals surface area (Å²) >= 11 is 0. The van der Waals surface area contributed by atoms with E-state index in [4.69, 9.17) is 5.73 Å². The summed E-state index contributed by atoms with van der Waals surface area (Å²) < 4.78 is 0. The van der Waals surface area contributed by atoms with Gasteiger partial charge in [-0.3, -0.25) is 4.79 Å². The van der Waals surface area contributed by atoms with Crippen LogP contribution in [0.2, 0.25) is 0 Å². The predicted octanol–water partition coefficient (Wildman–Crippen LogP) is 1.12. The molecule has 0 saturated heterocycles. The first-order chi connectivity index (χ1) is 8.78. The molecule has 3 N–H and O–H groups in total. The summed E-state index contributed by atoms with van der Waals surface area (Å²) in [6, 6.07) is 7.66. The van der Waals surface area contributed by atoms with Gasteiger partial charge in [0, 0.05) is 6.54 Å². The molecule has 0 bridgehead atoms.